The highest BCUT2D eigenvalue weighted by atomic mass is 32.2. The van der Waals surface area contributed by atoms with Crippen LogP contribution in [0.2, 0.25) is 0 Å². The van der Waals surface area contributed by atoms with Gasteiger partial charge in [-0.1, -0.05) is 65.2 Å². The number of amides is 1. The Hall–Kier alpha value is -2.07. The summed E-state index contributed by atoms with van der Waals surface area (Å²) in [6.45, 7) is 1.27. The van der Waals surface area contributed by atoms with Crippen LogP contribution < -0.4 is 10.6 Å². The molecule has 0 saturated carbocycles. The first-order valence-corrected chi connectivity index (χ1v) is 11.2. The van der Waals surface area contributed by atoms with Crippen molar-refractivity contribution in [3.63, 3.8) is 0 Å². The zero-order valence-electron chi connectivity index (χ0n) is 15.3. The molecule has 0 spiro atoms. The van der Waals surface area contributed by atoms with E-state index >= 15 is 0 Å². The molecular weight excluding hydrogens is 412 g/mol. The van der Waals surface area contributed by atoms with Crippen molar-refractivity contribution in [3.05, 3.63) is 54.6 Å². The highest BCUT2D eigenvalue weighted by molar-refractivity contribution is 8.01. The van der Waals surface area contributed by atoms with Gasteiger partial charge >= 0.3 is 0 Å². The fourth-order valence-corrected chi connectivity index (χ4v) is 4.69. The van der Waals surface area contributed by atoms with Gasteiger partial charge in [-0.15, -0.1) is 10.2 Å². The molecule has 3 aromatic rings. The quantitative estimate of drug-likeness (QED) is 0.361. The number of para-hydroxylation sites is 1. The van der Waals surface area contributed by atoms with Gasteiger partial charge in [0.15, 0.2) is 4.34 Å². The van der Waals surface area contributed by atoms with Crippen LogP contribution in [0.3, 0.4) is 0 Å². The number of aromatic nitrogens is 2. The van der Waals surface area contributed by atoms with E-state index in [4.69, 9.17) is 4.74 Å². The topological polar surface area (TPSA) is 76.1 Å². The molecule has 146 valence electrons. The van der Waals surface area contributed by atoms with E-state index in [0.717, 1.165) is 24.9 Å². The average molecular weight is 433 g/mol. The number of hydrogen-bond acceptors (Lipinski definition) is 8. The van der Waals surface area contributed by atoms with Crippen molar-refractivity contribution in [2.75, 3.05) is 36.6 Å². The van der Waals surface area contributed by atoms with Crippen LogP contribution in [0, 0.1) is 0 Å². The van der Waals surface area contributed by atoms with Gasteiger partial charge in [-0.25, -0.2) is 0 Å². The highest BCUT2D eigenvalue weighted by Crippen LogP contribution is 2.33. The number of benzene rings is 2. The van der Waals surface area contributed by atoms with E-state index in [9.17, 15) is 4.79 Å². The Bertz CT molecular complexity index is 890. The molecule has 28 heavy (non-hydrogen) atoms. The van der Waals surface area contributed by atoms with Gasteiger partial charge in [0.25, 0.3) is 0 Å². The fourth-order valence-electron chi connectivity index (χ4n) is 2.19. The molecule has 0 radical (unpaired) electrons. The van der Waals surface area contributed by atoms with Crippen molar-refractivity contribution in [3.8, 4) is 0 Å². The Labute approximate surface area is 176 Å². The van der Waals surface area contributed by atoms with E-state index in [1.54, 1.807) is 18.9 Å². The predicted octanol–water partition coefficient (Wildman–Crippen LogP) is 4.48. The maximum atomic E-state index is 12.4. The maximum absolute atomic E-state index is 12.4. The summed E-state index contributed by atoms with van der Waals surface area (Å²) in [7, 11) is 1.65. The van der Waals surface area contributed by atoms with Crippen molar-refractivity contribution in [2.24, 2.45) is 0 Å². The molecule has 1 aromatic heterocycles. The summed E-state index contributed by atoms with van der Waals surface area (Å²) in [4.78, 5) is 14.5. The molecule has 0 saturated heterocycles. The van der Waals surface area contributed by atoms with Crippen molar-refractivity contribution < 1.29 is 9.53 Å². The van der Waals surface area contributed by atoms with E-state index in [-0.39, 0.29) is 11.7 Å². The molecule has 0 bridgehead atoms. The number of rotatable bonds is 10. The van der Waals surface area contributed by atoms with Crippen LogP contribution in [-0.2, 0) is 9.53 Å². The molecular formula is C19H20N4O2S3. The van der Waals surface area contributed by atoms with Crippen molar-refractivity contribution >= 4 is 51.6 Å². The monoisotopic (exact) mass is 432 g/mol. The molecule has 0 fully saturated rings. The Morgan fingerprint density at radius 1 is 1.11 bits per heavy atom. The van der Waals surface area contributed by atoms with Crippen molar-refractivity contribution in [2.45, 2.75) is 14.1 Å². The first-order valence-electron chi connectivity index (χ1n) is 8.55. The minimum absolute atomic E-state index is 0.0739. The summed E-state index contributed by atoms with van der Waals surface area (Å²) in [6.07, 6.45) is 0. The van der Waals surface area contributed by atoms with Gasteiger partial charge < -0.3 is 15.4 Å². The minimum atomic E-state index is -0.0739. The van der Waals surface area contributed by atoms with Gasteiger partial charge in [0.05, 0.1) is 18.0 Å². The Balaban J connectivity index is 1.52. The van der Waals surface area contributed by atoms with Crippen molar-refractivity contribution in [1.29, 1.82) is 0 Å². The lowest BCUT2D eigenvalue weighted by Crippen LogP contribution is -2.14. The third-order valence-corrected chi connectivity index (χ3v) is 6.55. The normalized spacial score (nSPS) is 10.6. The summed E-state index contributed by atoms with van der Waals surface area (Å²) >= 11 is 4.42. The second-order valence-electron chi connectivity index (χ2n) is 5.54. The standard InChI is InChI=1S/C19H20N4O2S3/c1-25-12-11-20-18-22-23-19(28-18)26-13-17(24)21-15-9-5-6-10-16(15)27-14-7-3-2-4-8-14/h2-10H,11-13H2,1H3,(H,20,22)(H,21,24). The Morgan fingerprint density at radius 3 is 2.71 bits per heavy atom. The zero-order valence-corrected chi connectivity index (χ0v) is 17.7. The number of carbonyl (C=O) groups is 1. The number of methoxy groups -OCH3 is 1. The van der Waals surface area contributed by atoms with Gasteiger partial charge in [-0.2, -0.15) is 0 Å². The number of thioether (sulfide) groups is 1. The maximum Gasteiger partial charge on any atom is 0.234 e. The van der Waals surface area contributed by atoms with E-state index in [1.165, 1.54) is 23.1 Å². The molecule has 0 atom stereocenters. The van der Waals surface area contributed by atoms with E-state index in [1.807, 2.05) is 54.6 Å². The molecule has 2 aromatic carbocycles. The zero-order chi connectivity index (χ0) is 19.6. The summed E-state index contributed by atoms with van der Waals surface area (Å²) in [5.74, 6) is 0.201. The number of carbonyl (C=O) groups excluding carboxylic acids is 1. The Kier molecular flexibility index (Phi) is 8.16. The van der Waals surface area contributed by atoms with Gasteiger partial charge in [0, 0.05) is 23.4 Å². The molecule has 1 amide bonds. The van der Waals surface area contributed by atoms with Gasteiger partial charge in [0.1, 0.15) is 0 Å². The lowest BCUT2D eigenvalue weighted by Gasteiger charge is -2.10. The van der Waals surface area contributed by atoms with E-state index in [2.05, 4.69) is 20.8 Å². The number of nitrogens with zero attached hydrogens (tertiary/aromatic N) is 2. The van der Waals surface area contributed by atoms with Crippen molar-refractivity contribution in [1.82, 2.24) is 10.2 Å². The van der Waals surface area contributed by atoms with Crippen LogP contribution in [0.4, 0.5) is 10.8 Å². The van der Waals surface area contributed by atoms with Crippen LogP contribution in [0.5, 0.6) is 0 Å². The lowest BCUT2D eigenvalue weighted by atomic mass is 10.3. The number of anilines is 2. The third kappa shape index (κ3) is 6.52. The van der Waals surface area contributed by atoms with Crippen LogP contribution >= 0.6 is 34.9 Å². The number of ether oxygens (including phenoxy) is 1. The summed E-state index contributed by atoms with van der Waals surface area (Å²) in [6, 6.07) is 17.9. The SMILES string of the molecule is COCCNc1nnc(SCC(=O)Nc2ccccc2Sc2ccccc2)s1. The molecule has 0 aliphatic heterocycles. The molecule has 3 rings (SSSR count). The molecule has 1 heterocycles. The first kappa shape index (κ1) is 20.7. The molecule has 9 heteroatoms. The predicted molar refractivity (Wildman–Crippen MR) is 117 cm³/mol. The number of nitrogens with one attached hydrogen (secondary N) is 2. The summed E-state index contributed by atoms with van der Waals surface area (Å²) in [5.41, 5.74) is 0.807. The first-order chi connectivity index (χ1) is 13.7. The van der Waals surface area contributed by atoms with Gasteiger partial charge in [-0.3, -0.25) is 4.79 Å². The third-order valence-electron chi connectivity index (χ3n) is 3.45. The second kappa shape index (κ2) is 11.1. The molecule has 0 unspecified atom stereocenters. The van der Waals surface area contributed by atoms with Crippen LogP contribution in [0.25, 0.3) is 0 Å². The lowest BCUT2D eigenvalue weighted by molar-refractivity contribution is -0.113. The van der Waals surface area contributed by atoms with Gasteiger partial charge in [0.2, 0.25) is 11.0 Å². The number of hydrogen-bond donors (Lipinski definition) is 2. The highest BCUT2D eigenvalue weighted by Gasteiger charge is 2.11. The average Bonchev–Trinajstić information content (AvgIpc) is 3.17. The van der Waals surface area contributed by atoms with E-state index < -0.39 is 0 Å². The van der Waals surface area contributed by atoms with Gasteiger partial charge in [-0.05, 0) is 24.3 Å². The molecule has 2 N–H and O–H groups in total. The molecule has 0 aliphatic carbocycles. The molecule has 0 aliphatic rings. The smallest absolute Gasteiger partial charge is 0.234 e. The summed E-state index contributed by atoms with van der Waals surface area (Å²) in [5, 5.41) is 15.0. The van der Waals surface area contributed by atoms with Crippen LogP contribution in [0.15, 0.2) is 68.7 Å². The Morgan fingerprint density at radius 2 is 1.89 bits per heavy atom. The summed E-state index contributed by atoms with van der Waals surface area (Å²) < 4.78 is 5.74. The minimum Gasteiger partial charge on any atom is -0.383 e. The second-order valence-corrected chi connectivity index (χ2v) is 8.86. The fraction of sp³-hybridized carbons (Fsp3) is 0.211. The largest absolute Gasteiger partial charge is 0.383 e. The van der Waals surface area contributed by atoms with Crippen LogP contribution in [0.1, 0.15) is 0 Å². The van der Waals surface area contributed by atoms with E-state index in [0.29, 0.717) is 13.2 Å². The molecule has 6 nitrogen and oxygen atoms in total. The van der Waals surface area contributed by atoms with Crippen LogP contribution in [-0.4, -0.2) is 42.1 Å².